The maximum Gasteiger partial charge on any atom is 0.319 e. The van der Waals surface area contributed by atoms with E-state index in [2.05, 4.69) is 15.2 Å². The SMILES string of the molecule is CCc1c(F)ccc2cc(N)cc(-c3nc4c5c(nc(OCC67CCCN6CCC7)nc5c3F)N3CC(F)NC(F)C3CC4)c12. The van der Waals surface area contributed by atoms with Gasteiger partial charge in [0.05, 0.1) is 29.2 Å². The number of hydrogen-bond donors (Lipinski definition) is 2. The number of pyridine rings is 1. The molecule has 0 saturated carbocycles. The van der Waals surface area contributed by atoms with Gasteiger partial charge in [-0.05, 0) is 92.6 Å². The van der Waals surface area contributed by atoms with Crippen LogP contribution in [0.4, 0.5) is 29.1 Å². The van der Waals surface area contributed by atoms with Gasteiger partial charge in [0, 0.05) is 11.3 Å². The van der Waals surface area contributed by atoms with Crippen molar-refractivity contribution in [2.24, 2.45) is 0 Å². The molecular formula is C33H35F4N7O. The highest BCUT2D eigenvalue weighted by Crippen LogP contribution is 2.43. The lowest BCUT2D eigenvalue weighted by Crippen LogP contribution is -2.59. The molecule has 12 heteroatoms. The Kier molecular flexibility index (Phi) is 6.79. The van der Waals surface area contributed by atoms with E-state index in [0.29, 0.717) is 51.7 Å². The summed E-state index contributed by atoms with van der Waals surface area (Å²) in [6.07, 6.45) is 1.75. The molecule has 3 atom stereocenters. The van der Waals surface area contributed by atoms with E-state index >= 15 is 13.2 Å². The van der Waals surface area contributed by atoms with Gasteiger partial charge in [-0.2, -0.15) is 9.97 Å². The second-order valence-electron chi connectivity index (χ2n) is 12.8. The van der Waals surface area contributed by atoms with Crippen molar-refractivity contribution >= 4 is 33.2 Å². The van der Waals surface area contributed by atoms with Gasteiger partial charge in [-0.25, -0.2) is 22.5 Å². The van der Waals surface area contributed by atoms with Gasteiger partial charge in [-0.3, -0.25) is 10.2 Å². The van der Waals surface area contributed by atoms with Gasteiger partial charge in [-0.15, -0.1) is 0 Å². The molecule has 0 amide bonds. The van der Waals surface area contributed by atoms with E-state index in [1.165, 1.54) is 6.07 Å². The lowest BCUT2D eigenvalue weighted by Gasteiger charge is -2.40. The highest BCUT2D eigenvalue weighted by molar-refractivity contribution is 6.03. The van der Waals surface area contributed by atoms with Crippen molar-refractivity contribution in [2.45, 2.75) is 76.0 Å². The molecule has 3 fully saturated rings. The smallest absolute Gasteiger partial charge is 0.319 e. The molecule has 6 heterocycles. The summed E-state index contributed by atoms with van der Waals surface area (Å²) in [6.45, 7) is 4.02. The third kappa shape index (κ3) is 4.51. The van der Waals surface area contributed by atoms with E-state index in [0.717, 1.165) is 38.8 Å². The molecule has 4 aliphatic heterocycles. The number of ether oxygens (including phenoxy) is 1. The zero-order chi connectivity index (χ0) is 31.0. The summed E-state index contributed by atoms with van der Waals surface area (Å²) < 4.78 is 68.4. The normalized spacial score (nSPS) is 24.2. The van der Waals surface area contributed by atoms with Crippen molar-refractivity contribution in [1.82, 2.24) is 25.2 Å². The monoisotopic (exact) mass is 621 g/mol. The average molecular weight is 622 g/mol. The summed E-state index contributed by atoms with van der Waals surface area (Å²) in [5, 5.41) is 3.86. The molecule has 3 N–H and O–H groups in total. The number of benzene rings is 2. The van der Waals surface area contributed by atoms with Crippen LogP contribution in [0, 0.1) is 11.6 Å². The summed E-state index contributed by atoms with van der Waals surface area (Å²) in [7, 11) is 0. The first-order valence-electron chi connectivity index (χ1n) is 15.9. The van der Waals surface area contributed by atoms with Gasteiger partial charge in [-0.1, -0.05) is 13.0 Å². The number of hydrogen-bond acceptors (Lipinski definition) is 8. The first-order valence-corrected chi connectivity index (χ1v) is 15.9. The molecule has 236 valence electrons. The van der Waals surface area contributed by atoms with Crippen LogP contribution in [-0.4, -0.2) is 70.3 Å². The van der Waals surface area contributed by atoms with E-state index in [1.54, 1.807) is 23.1 Å². The minimum absolute atomic E-state index is 0.0276. The maximum absolute atomic E-state index is 17.0. The van der Waals surface area contributed by atoms with Crippen LogP contribution in [0.3, 0.4) is 0 Å². The van der Waals surface area contributed by atoms with Gasteiger partial charge in [0.25, 0.3) is 0 Å². The fourth-order valence-corrected chi connectivity index (χ4v) is 8.20. The first kappa shape index (κ1) is 28.7. The molecule has 2 aromatic carbocycles. The Hall–Kier alpha value is -3.77. The van der Waals surface area contributed by atoms with Crippen LogP contribution in [0.5, 0.6) is 6.01 Å². The second kappa shape index (κ2) is 10.7. The van der Waals surface area contributed by atoms with E-state index in [9.17, 15) is 4.39 Å². The Morgan fingerprint density at radius 3 is 2.64 bits per heavy atom. The maximum atomic E-state index is 17.0. The number of fused-ring (bicyclic) bond motifs is 4. The topological polar surface area (TPSA) is 92.4 Å². The van der Waals surface area contributed by atoms with Gasteiger partial charge >= 0.3 is 6.01 Å². The van der Waals surface area contributed by atoms with E-state index in [-0.39, 0.29) is 48.0 Å². The van der Waals surface area contributed by atoms with Crippen molar-refractivity contribution in [1.29, 1.82) is 0 Å². The number of aromatic nitrogens is 3. The quantitative estimate of drug-likeness (QED) is 0.169. The van der Waals surface area contributed by atoms with Gasteiger partial charge in [0.1, 0.15) is 29.5 Å². The van der Waals surface area contributed by atoms with E-state index in [1.807, 2.05) is 6.92 Å². The third-order valence-electron chi connectivity index (χ3n) is 10.3. The minimum atomic E-state index is -1.67. The number of alkyl halides is 2. The molecular weight excluding hydrogens is 586 g/mol. The molecule has 45 heavy (non-hydrogen) atoms. The Morgan fingerprint density at radius 1 is 1.07 bits per heavy atom. The van der Waals surface area contributed by atoms with Crippen molar-refractivity contribution in [3.8, 4) is 17.3 Å². The number of anilines is 2. The molecule has 4 aromatic rings. The summed E-state index contributed by atoms with van der Waals surface area (Å²) in [4.78, 5) is 18.1. The zero-order valence-corrected chi connectivity index (χ0v) is 25.1. The minimum Gasteiger partial charge on any atom is -0.461 e. The van der Waals surface area contributed by atoms with Crippen LogP contribution in [0.2, 0.25) is 0 Å². The van der Waals surface area contributed by atoms with E-state index < -0.39 is 30.3 Å². The molecule has 3 unspecified atom stereocenters. The van der Waals surface area contributed by atoms with Gasteiger partial charge < -0.3 is 15.4 Å². The number of nitrogen functional groups attached to an aromatic ring is 1. The average Bonchev–Trinajstić information content (AvgIpc) is 3.56. The molecule has 0 radical (unpaired) electrons. The van der Waals surface area contributed by atoms with Crippen molar-refractivity contribution < 1.29 is 22.3 Å². The Bertz CT molecular complexity index is 1830. The third-order valence-corrected chi connectivity index (χ3v) is 10.3. The lowest BCUT2D eigenvalue weighted by atomic mass is 9.93. The second-order valence-corrected chi connectivity index (χ2v) is 12.8. The predicted octanol–water partition coefficient (Wildman–Crippen LogP) is 5.59. The molecule has 4 aliphatic rings. The van der Waals surface area contributed by atoms with Gasteiger partial charge in [0.15, 0.2) is 18.4 Å². The number of rotatable bonds is 5. The van der Waals surface area contributed by atoms with Crippen molar-refractivity contribution in [3.63, 3.8) is 0 Å². The fourth-order valence-electron chi connectivity index (χ4n) is 8.20. The molecule has 0 bridgehead atoms. The Morgan fingerprint density at radius 2 is 1.87 bits per heavy atom. The summed E-state index contributed by atoms with van der Waals surface area (Å²) in [5.41, 5.74) is 7.69. The van der Waals surface area contributed by atoms with Crippen LogP contribution in [0.15, 0.2) is 24.3 Å². The number of nitrogens with two attached hydrogens (primary N) is 1. The number of halogens is 4. The number of aryl methyl sites for hydroxylation is 2. The van der Waals surface area contributed by atoms with E-state index in [4.69, 9.17) is 20.4 Å². The Balaban J connectivity index is 1.35. The summed E-state index contributed by atoms with van der Waals surface area (Å²) in [5.74, 6) is -0.937. The molecule has 0 spiro atoms. The van der Waals surface area contributed by atoms with Crippen LogP contribution in [-0.2, 0) is 12.8 Å². The van der Waals surface area contributed by atoms with Crippen LogP contribution < -0.4 is 20.7 Å². The molecule has 0 aliphatic carbocycles. The van der Waals surface area contributed by atoms with Crippen LogP contribution >= 0.6 is 0 Å². The lowest BCUT2D eigenvalue weighted by molar-refractivity contribution is 0.104. The molecule has 2 aromatic heterocycles. The van der Waals surface area contributed by atoms with Gasteiger partial charge in [0.2, 0.25) is 0 Å². The predicted molar refractivity (Wildman–Crippen MR) is 165 cm³/mol. The first-order chi connectivity index (χ1) is 21.8. The number of piperazine rings is 1. The van der Waals surface area contributed by atoms with Crippen molar-refractivity contribution in [3.05, 3.63) is 47.2 Å². The zero-order valence-electron chi connectivity index (χ0n) is 25.1. The van der Waals surface area contributed by atoms with Crippen molar-refractivity contribution in [2.75, 3.05) is 36.9 Å². The number of nitrogens with one attached hydrogen (secondary N) is 1. The fraction of sp³-hybridized carbons (Fsp3) is 0.485. The van der Waals surface area contributed by atoms with Crippen LogP contribution in [0.1, 0.15) is 50.3 Å². The molecule has 3 saturated heterocycles. The molecule has 8 nitrogen and oxygen atoms in total. The van der Waals surface area contributed by atoms with Crippen LogP contribution in [0.25, 0.3) is 32.9 Å². The Labute approximate surface area is 258 Å². The largest absolute Gasteiger partial charge is 0.461 e. The highest BCUT2D eigenvalue weighted by atomic mass is 19.2. The number of nitrogens with zero attached hydrogens (tertiary/aromatic N) is 5. The highest BCUT2D eigenvalue weighted by Gasteiger charge is 2.45. The standard InChI is InChI=1S/C33H35F4N7O/c1-2-19-21(34)6-5-17-13-18(38)14-20(25(17)19)28-27(36)29-26-22(39-28)7-8-23-30(37)40-24(35)15-44(23)31(26)42-32(41-29)45-16-33-9-3-11-43(33)12-4-10-33/h5-6,13-14,23-24,30,40H,2-4,7-12,15-16,38H2,1H3. The summed E-state index contributed by atoms with van der Waals surface area (Å²) >= 11 is 0. The summed E-state index contributed by atoms with van der Waals surface area (Å²) in [6, 6.07) is 5.54. The molecule has 8 rings (SSSR count).